The molecule has 1 saturated heterocycles. The summed E-state index contributed by atoms with van der Waals surface area (Å²) in [5, 5.41) is 2.49. The molecule has 33 heavy (non-hydrogen) atoms. The Morgan fingerprint density at radius 3 is 2.58 bits per heavy atom. The van der Waals surface area contributed by atoms with Crippen molar-refractivity contribution in [3.05, 3.63) is 54.1 Å². The molecule has 0 aliphatic carbocycles. The number of hydrogen-bond donors (Lipinski definition) is 1. The van der Waals surface area contributed by atoms with Crippen LogP contribution >= 0.6 is 0 Å². The number of halogens is 3. The Morgan fingerprint density at radius 2 is 1.88 bits per heavy atom. The topological polar surface area (TPSA) is 61.9 Å². The number of benzene rings is 2. The van der Waals surface area contributed by atoms with Crippen LogP contribution in [0.25, 0.3) is 0 Å². The normalized spacial score (nSPS) is 21.3. The number of hydrogen-bond acceptors (Lipinski definition) is 4. The van der Waals surface area contributed by atoms with E-state index in [1.807, 2.05) is 36.1 Å². The van der Waals surface area contributed by atoms with Crippen molar-refractivity contribution in [3.8, 4) is 5.75 Å². The zero-order chi connectivity index (χ0) is 23.6. The first-order chi connectivity index (χ1) is 15.8. The van der Waals surface area contributed by atoms with E-state index in [0.29, 0.717) is 13.2 Å². The minimum atomic E-state index is -4.75. The van der Waals surface area contributed by atoms with E-state index in [2.05, 4.69) is 5.32 Å². The number of carbonyl (C=O) groups is 2. The highest BCUT2D eigenvalue weighted by Gasteiger charge is 2.49. The lowest BCUT2D eigenvalue weighted by Gasteiger charge is -2.34. The maximum Gasteiger partial charge on any atom is 0.409 e. The predicted molar refractivity (Wildman–Crippen MR) is 118 cm³/mol. The molecule has 0 radical (unpaired) electrons. The van der Waals surface area contributed by atoms with Gasteiger partial charge in [-0.05, 0) is 56.1 Å². The van der Waals surface area contributed by atoms with Crippen molar-refractivity contribution in [2.24, 2.45) is 0 Å². The quantitative estimate of drug-likeness (QED) is 0.711. The Balaban J connectivity index is 1.60. The van der Waals surface area contributed by atoms with Crippen LogP contribution in [-0.4, -0.2) is 48.6 Å². The number of nitrogens with one attached hydrogen (secondary N) is 1. The fraction of sp³-hybridized carbons (Fsp3) is 0.417. The molecule has 2 aliphatic heterocycles. The molecule has 6 nitrogen and oxygen atoms in total. The first kappa shape index (κ1) is 23.1. The smallest absolute Gasteiger partial charge is 0.409 e. The molecule has 2 amide bonds. The van der Waals surface area contributed by atoms with Gasteiger partial charge in [0.1, 0.15) is 11.8 Å². The molecule has 0 saturated carbocycles. The molecule has 0 bridgehead atoms. The van der Waals surface area contributed by atoms with E-state index in [4.69, 9.17) is 4.74 Å². The van der Waals surface area contributed by atoms with E-state index in [-0.39, 0.29) is 24.0 Å². The van der Waals surface area contributed by atoms with Gasteiger partial charge in [0, 0.05) is 6.04 Å². The zero-order valence-corrected chi connectivity index (χ0v) is 18.3. The molecule has 9 heteroatoms. The van der Waals surface area contributed by atoms with Crippen molar-refractivity contribution in [2.45, 2.75) is 44.4 Å². The Kier molecular flexibility index (Phi) is 6.60. The van der Waals surface area contributed by atoms with Gasteiger partial charge in [0.2, 0.25) is 11.8 Å². The van der Waals surface area contributed by atoms with Crippen LogP contribution in [0, 0.1) is 0 Å². The molecule has 2 aliphatic rings. The van der Waals surface area contributed by atoms with Crippen molar-refractivity contribution in [1.82, 2.24) is 4.90 Å². The van der Waals surface area contributed by atoms with Gasteiger partial charge in [0.25, 0.3) is 0 Å². The van der Waals surface area contributed by atoms with Gasteiger partial charge in [-0.15, -0.1) is 0 Å². The molecular weight excluding hydrogens is 435 g/mol. The maximum absolute atomic E-state index is 14.0. The average molecular weight is 461 g/mol. The summed E-state index contributed by atoms with van der Waals surface area (Å²) < 4.78 is 47.3. The Labute approximate surface area is 190 Å². The number of nitrogens with zero attached hydrogens (tertiary/aromatic N) is 2. The van der Waals surface area contributed by atoms with Crippen LogP contribution in [0.15, 0.2) is 48.5 Å². The standard InChI is InChI=1S/C24H26F3N3O3/c1-2-33-17-11-9-16(10-12-17)19-8-5-13-29(19)15-23(32)30-20-7-4-3-6-18(20)28-22(31)14-21(30)24(25,26)27/h3-4,6-7,9-12,19,21H,2,5,8,13-15H2,1H3,(H,28,31). The number of carbonyl (C=O) groups excluding carboxylic acids is 2. The molecular formula is C24H26F3N3O3. The Hall–Kier alpha value is -3.07. The predicted octanol–water partition coefficient (Wildman–Crippen LogP) is 4.53. The third kappa shape index (κ3) is 4.98. The summed E-state index contributed by atoms with van der Waals surface area (Å²) in [4.78, 5) is 28.2. The molecule has 2 unspecified atom stereocenters. The highest BCUT2D eigenvalue weighted by molar-refractivity contribution is 6.05. The van der Waals surface area contributed by atoms with E-state index in [0.717, 1.165) is 29.1 Å². The van der Waals surface area contributed by atoms with Gasteiger partial charge >= 0.3 is 6.18 Å². The number of para-hydroxylation sites is 2. The minimum absolute atomic E-state index is 0.0625. The van der Waals surface area contributed by atoms with Crippen molar-refractivity contribution in [1.29, 1.82) is 0 Å². The summed E-state index contributed by atoms with van der Waals surface area (Å²) in [6.45, 7) is 2.88. The van der Waals surface area contributed by atoms with Crippen LogP contribution in [0.4, 0.5) is 24.5 Å². The average Bonchev–Trinajstić information content (AvgIpc) is 3.15. The van der Waals surface area contributed by atoms with E-state index < -0.39 is 30.5 Å². The third-order valence-corrected chi connectivity index (χ3v) is 6.05. The summed E-state index contributed by atoms with van der Waals surface area (Å²) in [7, 11) is 0. The Morgan fingerprint density at radius 1 is 1.15 bits per heavy atom. The number of ether oxygens (including phenoxy) is 1. The number of fused-ring (bicyclic) bond motifs is 1. The Bertz CT molecular complexity index is 1010. The molecule has 0 spiro atoms. The van der Waals surface area contributed by atoms with Crippen molar-refractivity contribution in [3.63, 3.8) is 0 Å². The molecule has 176 valence electrons. The van der Waals surface area contributed by atoms with E-state index >= 15 is 0 Å². The molecule has 2 atom stereocenters. The largest absolute Gasteiger partial charge is 0.494 e. The lowest BCUT2D eigenvalue weighted by Crippen LogP contribution is -2.52. The van der Waals surface area contributed by atoms with Crippen LogP contribution in [0.5, 0.6) is 5.75 Å². The number of rotatable bonds is 5. The fourth-order valence-corrected chi connectivity index (χ4v) is 4.59. The van der Waals surface area contributed by atoms with Crippen LogP contribution in [0.2, 0.25) is 0 Å². The lowest BCUT2D eigenvalue weighted by atomic mass is 10.0. The molecule has 2 heterocycles. The first-order valence-electron chi connectivity index (χ1n) is 11.0. The summed E-state index contributed by atoms with van der Waals surface area (Å²) in [6.07, 6.45) is -3.94. The minimum Gasteiger partial charge on any atom is -0.494 e. The maximum atomic E-state index is 14.0. The summed E-state index contributed by atoms with van der Waals surface area (Å²) in [5.41, 5.74) is 1.25. The van der Waals surface area contributed by atoms with Crippen LogP contribution in [-0.2, 0) is 9.59 Å². The highest BCUT2D eigenvalue weighted by atomic mass is 19.4. The molecule has 2 aromatic rings. The summed E-state index contributed by atoms with van der Waals surface area (Å²) in [6, 6.07) is 11.4. The van der Waals surface area contributed by atoms with Crippen molar-refractivity contribution >= 4 is 23.2 Å². The number of amides is 2. The monoisotopic (exact) mass is 461 g/mol. The van der Waals surface area contributed by atoms with Gasteiger partial charge in [0.05, 0.1) is 30.9 Å². The fourth-order valence-electron chi connectivity index (χ4n) is 4.59. The van der Waals surface area contributed by atoms with E-state index in [9.17, 15) is 22.8 Å². The molecule has 1 N–H and O–H groups in total. The van der Waals surface area contributed by atoms with E-state index in [1.54, 1.807) is 12.1 Å². The van der Waals surface area contributed by atoms with Gasteiger partial charge in [-0.3, -0.25) is 19.4 Å². The van der Waals surface area contributed by atoms with Gasteiger partial charge in [-0.2, -0.15) is 13.2 Å². The number of alkyl halides is 3. The molecule has 4 rings (SSSR count). The van der Waals surface area contributed by atoms with Crippen LogP contribution in [0.1, 0.15) is 37.8 Å². The van der Waals surface area contributed by atoms with Crippen molar-refractivity contribution in [2.75, 3.05) is 29.9 Å². The second kappa shape index (κ2) is 9.43. The van der Waals surface area contributed by atoms with E-state index in [1.165, 1.54) is 12.1 Å². The zero-order valence-electron chi connectivity index (χ0n) is 18.3. The molecule has 2 aromatic carbocycles. The molecule has 0 aromatic heterocycles. The first-order valence-corrected chi connectivity index (χ1v) is 11.0. The second-order valence-corrected chi connectivity index (χ2v) is 8.22. The SMILES string of the molecule is CCOc1ccc(C2CCCN2CC(=O)N2c3ccccc3NC(=O)CC2C(F)(F)F)cc1. The lowest BCUT2D eigenvalue weighted by molar-refractivity contribution is -0.158. The van der Waals surface area contributed by atoms with Crippen molar-refractivity contribution < 1.29 is 27.5 Å². The molecule has 1 fully saturated rings. The van der Waals surface area contributed by atoms with Crippen LogP contribution < -0.4 is 15.0 Å². The highest BCUT2D eigenvalue weighted by Crippen LogP contribution is 2.39. The second-order valence-electron chi connectivity index (χ2n) is 8.22. The van der Waals surface area contributed by atoms with Crippen LogP contribution in [0.3, 0.4) is 0 Å². The third-order valence-electron chi connectivity index (χ3n) is 6.05. The van der Waals surface area contributed by atoms with Gasteiger partial charge in [-0.1, -0.05) is 24.3 Å². The number of anilines is 2. The van der Waals surface area contributed by atoms with Gasteiger partial charge in [-0.25, -0.2) is 0 Å². The van der Waals surface area contributed by atoms with Gasteiger partial charge in [0.15, 0.2) is 0 Å². The summed E-state index contributed by atoms with van der Waals surface area (Å²) in [5.74, 6) is -0.708. The van der Waals surface area contributed by atoms with Gasteiger partial charge < -0.3 is 10.1 Å². The summed E-state index contributed by atoms with van der Waals surface area (Å²) >= 11 is 0. The number of likely N-dealkylation sites (tertiary alicyclic amines) is 1.